The Bertz CT molecular complexity index is 561. The molecule has 1 heterocycles. The average molecular weight is 269 g/mol. The molecule has 3 nitrogen and oxygen atoms in total. The van der Waals surface area contributed by atoms with Crippen molar-refractivity contribution in [2.24, 2.45) is 0 Å². The monoisotopic (exact) mass is 269 g/mol. The summed E-state index contributed by atoms with van der Waals surface area (Å²) in [4.78, 5) is 9.00. The van der Waals surface area contributed by atoms with Crippen molar-refractivity contribution in [1.29, 1.82) is 0 Å². The van der Waals surface area contributed by atoms with Crippen molar-refractivity contribution in [1.82, 2.24) is 15.3 Å². The van der Waals surface area contributed by atoms with E-state index in [9.17, 15) is 0 Å². The molecule has 0 fully saturated rings. The van der Waals surface area contributed by atoms with Crippen LogP contribution < -0.4 is 5.32 Å². The molecule has 0 saturated carbocycles. The number of aromatic nitrogens is 2. The van der Waals surface area contributed by atoms with E-state index in [1.807, 2.05) is 19.3 Å². The minimum absolute atomic E-state index is 0.0659. The van der Waals surface area contributed by atoms with E-state index >= 15 is 0 Å². The van der Waals surface area contributed by atoms with Gasteiger partial charge in [-0.25, -0.2) is 9.97 Å². The molecule has 0 aliphatic rings. The Morgan fingerprint density at radius 1 is 1.05 bits per heavy atom. The fraction of sp³-hybridized carbons (Fsp3) is 0.412. The predicted octanol–water partition coefficient (Wildman–Crippen LogP) is 3.49. The molecule has 0 aliphatic carbocycles. The van der Waals surface area contributed by atoms with Crippen LogP contribution in [0.2, 0.25) is 0 Å². The fourth-order valence-electron chi connectivity index (χ4n) is 2.33. The van der Waals surface area contributed by atoms with Crippen LogP contribution in [0, 0.1) is 20.8 Å². The van der Waals surface area contributed by atoms with Gasteiger partial charge in [-0.15, -0.1) is 0 Å². The maximum atomic E-state index is 4.50. The molecule has 0 bridgehead atoms. The number of rotatable bonds is 5. The summed E-state index contributed by atoms with van der Waals surface area (Å²) in [5, 5.41) is 3.56. The van der Waals surface area contributed by atoms with Crippen LogP contribution in [0.5, 0.6) is 0 Å². The van der Waals surface area contributed by atoms with Crippen LogP contribution in [0.1, 0.15) is 47.5 Å². The van der Waals surface area contributed by atoms with Crippen molar-refractivity contribution in [2.75, 3.05) is 6.54 Å². The standard InChI is InChI=1S/C17H23N3/c1-5-8-18-16(17-19-10-13(3)11-20-17)15-7-6-12(2)9-14(15)4/h6-7,9-11,16,18H,5,8H2,1-4H3. The Morgan fingerprint density at radius 3 is 2.35 bits per heavy atom. The highest BCUT2D eigenvalue weighted by molar-refractivity contribution is 5.35. The quantitative estimate of drug-likeness (QED) is 0.903. The Kier molecular flexibility index (Phi) is 4.85. The Labute approximate surface area is 121 Å². The average Bonchev–Trinajstić information content (AvgIpc) is 2.42. The van der Waals surface area contributed by atoms with Crippen LogP contribution in [0.3, 0.4) is 0 Å². The lowest BCUT2D eigenvalue weighted by Crippen LogP contribution is -2.25. The highest BCUT2D eigenvalue weighted by atomic mass is 15.0. The highest BCUT2D eigenvalue weighted by Gasteiger charge is 2.17. The molecular formula is C17H23N3. The molecule has 1 aromatic carbocycles. The number of benzene rings is 1. The lowest BCUT2D eigenvalue weighted by atomic mass is 9.98. The molecule has 1 aromatic heterocycles. The van der Waals surface area contributed by atoms with E-state index in [2.05, 4.69) is 54.3 Å². The van der Waals surface area contributed by atoms with Crippen molar-refractivity contribution in [3.05, 3.63) is 58.7 Å². The van der Waals surface area contributed by atoms with E-state index in [1.165, 1.54) is 16.7 Å². The second-order valence-corrected chi connectivity index (χ2v) is 5.37. The molecule has 0 saturated heterocycles. The van der Waals surface area contributed by atoms with Gasteiger partial charge in [0.2, 0.25) is 0 Å². The normalized spacial score (nSPS) is 12.4. The zero-order chi connectivity index (χ0) is 14.5. The van der Waals surface area contributed by atoms with Gasteiger partial charge >= 0.3 is 0 Å². The van der Waals surface area contributed by atoms with E-state index < -0.39 is 0 Å². The van der Waals surface area contributed by atoms with Gasteiger partial charge in [0.1, 0.15) is 5.82 Å². The first-order valence-corrected chi connectivity index (χ1v) is 7.21. The number of nitrogens with zero attached hydrogens (tertiary/aromatic N) is 2. The first kappa shape index (κ1) is 14.7. The van der Waals surface area contributed by atoms with Crippen LogP contribution in [-0.2, 0) is 0 Å². The Balaban J connectivity index is 2.38. The van der Waals surface area contributed by atoms with Crippen LogP contribution in [0.25, 0.3) is 0 Å². The molecule has 106 valence electrons. The van der Waals surface area contributed by atoms with Crippen LogP contribution in [0.4, 0.5) is 0 Å². The lowest BCUT2D eigenvalue weighted by molar-refractivity contribution is 0.569. The van der Waals surface area contributed by atoms with Gasteiger partial charge in [0.25, 0.3) is 0 Å². The second kappa shape index (κ2) is 6.62. The van der Waals surface area contributed by atoms with Gasteiger partial charge in [-0.1, -0.05) is 30.7 Å². The first-order valence-electron chi connectivity index (χ1n) is 7.21. The second-order valence-electron chi connectivity index (χ2n) is 5.37. The summed E-state index contributed by atoms with van der Waals surface area (Å²) in [7, 11) is 0. The molecule has 0 spiro atoms. The van der Waals surface area contributed by atoms with Crippen LogP contribution in [0.15, 0.2) is 30.6 Å². The summed E-state index contributed by atoms with van der Waals surface area (Å²) in [6.45, 7) is 9.40. The molecular weight excluding hydrogens is 246 g/mol. The minimum Gasteiger partial charge on any atom is -0.304 e. The molecule has 3 heteroatoms. The van der Waals surface area contributed by atoms with E-state index in [0.717, 1.165) is 24.4 Å². The summed E-state index contributed by atoms with van der Waals surface area (Å²) in [6, 6.07) is 6.61. The third kappa shape index (κ3) is 3.42. The summed E-state index contributed by atoms with van der Waals surface area (Å²) in [5.74, 6) is 0.844. The molecule has 0 aliphatic heterocycles. The van der Waals surface area contributed by atoms with Gasteiger partial charge in [-0.3, -0.25) is 0 Å². The molecule has 1 N–H and O–H groups in total. The van der Waals surface area contributed by atoms with E-state index in [0.29, 0.717) is 0 Å². The van der Waals surface area contributed by atoms with Crippen molar-refractivity contribution >= 4 is 0 Å². The fourth-order valence-corrected chi connectivity index (χ4v) is 2.33. The number of hydrogen-bond donors (Lipinski definition) is 1. The summed E-state index contributed by atoms with van der Waals surface area (Å²) in [6.07, 6.45) is 4.85. The van der Waals surface area contributed by atoms with Gasteiger partial charge in [0, 0.05) is 12.4 Å². The van der Waals surface area contributed by atoms with Crippen molar-refractivity contribution in [2.45, 2.75) is 40.2 Å². The predicted molar refractivity (Wildman–Crippen MR) is 82.8 cm³/mol. The molecule has 2 rings (SSSR count). The number of nitrogens with one attached hydrogen (secondary N) is 1. The molecule has 2 aromatic rings. The molecule has 1 atom stereocenters. The van der Waals surface area contributed by atoms with Gasteiger partial charge in [-0.05, 0) is 50.4 Å². The zero-order valence-electron chi connectivity index (χ0n) is 12.8. The van der Waals surface area contributed by atoms with Gasteiger partial charge in [0.15, 0.2) is 0 Å². The van der Waals surface area contributed by atoms with Crippen molar-refractivity contribution in [3.63, 3.8) is 0 Å². The SMILES string of the molecule is CCCNC(c1ncc(C)cn1)c1ccc(C)cc1C. The van der Waals surface area contributed by atoms with E-state index in [-0.39, 0.29) is 6.04 Å². The summed E-state index contributed by atoms with van der Waals surface area (Å²) in [5.41, 5.74) is 4.91. The summed E-state index contributed by atoms with van der Waals surface area (Å²) < 4.78 is 0. The molecule has 0 amide bonds. The smallest absolute Gasteiger partial charge is 0.149 e. The van der Waals surface area contributed by atoms with E-state index in [1.54, 1.807) is 0 Å². The van der Waals surface area contributed by atoms with Crippen molar-refractivity contribution in [3.8, 4) is 0 Å². The van der Waals surface area contributed by atoms with Gasteiger partial charge in [-0.2, -0.15) is 0 Å². The Morgan fingerprint density at radius 2 is 1.75 bits per heavy atom. The minimum atomic E-state index is 0.0659. The third-order valence-electron chi connectivity index (χ3n) is 3.39. The van der Waals surface area contributed by atoms with Crippen molar-refractivity contribution < 1.29 is 0 Å². The van der Waals surface area contributed by atoms with Crippen LogP contribution in [-0.4, -0.2) is 16.5 Å². The summed E-state index contributed by atoms with van der Waals surface area (Å²) >= 11 is 0. The van der Waals surface area contributed by atoms with Gasteiger partial charge in [0.05, 0.1) is 6.04 Å². The topological polar surface area (TPSA) is 37.8 Å². The largest absolute Gasteiger partial charge is 0.304 e. The molecule has 0 radical (unpaired) electrons. The third-order valence-corrected chi connectivity index (χ3v) is 3.39. The maximum absolute atomic E-state index is 4.50. The lowest BCUT2D eigenvalue weighted by Gasteiger charge is -2.20. The zero-order valence-corrected chi connectivity index (χ0v) is 12.8. The maximum Gasteiger partial charge on any atom is 0.149 e. The first-order chi connectivity index (χ1) is 9.61. The molecule has 1 unspecified atom stereocenters. The van der Waals surface area contributed by atoms with E-state index in [4.69, 9.17) is 0 Å². The number of hydrogen-bond acceptors (Lipinski definition) is 3. The number of aryl methyl sites for hydroxylation is 3. The Hall–Kier alpha value is -1.74. The molecule has 20 heavy (non-hydrogen) atoms. The highest BCUT2D eigenvalue weighted by Crippen LogP contribution is 2.23. The van der Waals surface area contributed by atoms with Gasteiger partial charge < -0.3 is 5.32 Å². The van der Waals surface area contributed by atoms with Crippen LogP contribution >= 0.6 is 0 Å².